The predicted molar refractivity (Wildman–Crippen MR) is 39.8 cm³/mol. The Bertz CT molecular complexity index is 97.6. The molecule has 0 aromatic rings. The van der Waals surface area contributed by atoms with Crippen LogP contribution in [0.5, 0.6) is 0 Å². The second kappa shape index (κ2) is 3.88. The minimum atomic E-state index is -0.617. The van der Waals surface area contributed by atoms with Gasteiger partial charge in [-0.05, 0) is 33.0 Å². The van der Waals surface area contributed by atoms with Crippen molar-refractivity contribution in [2.75, 3.05) is 20.1 Å². The fourth-order valence-corrected chi connectivity index (χ4v) is 1.32. The summed E-state index contributed by atoms with van der Waals surface area (Å²) in [6, 6.07) is 0.104. The lowest BCUT2D eigenvalue weighted by atomic mass is 10.1. The van der Waals surface area contributed by atoms with Crippen LogP contribution in [0.2, 0.25) is 0 Å². The van der Waals surface area contributed by atoms with Gasteiger partial charge in [-0.3, -0.25) is 0 Å². The molecule has 0 bridgehead atoms. The van der Waals surface area contributed by atoms with Gasteiger partial charge in [0.1, 0.15) is 6.17 Å². The highest BCUT2D eigenvalue weighted by molar-refractivity contribution is 4.83. The van der Waals surface area contributed by atoms with E-state index in [0.29, 0.717) is 6.42 Å². The van der Waals surface area contributed by atoms with Crippen LogP contribution < -0.4 is 10.6 Å². The smallest absolute Gasteiger partial charge is 0.117 e. The largest absolute Gasteiger partial charge is 0.320 e. The van der Waals surface area contributed by atoms with Crippen molar-refractivity contribution in [2.24, 2.45) is 0 Å². The van der Waals surface area contributed by atoms with Crippen LogP contribution in [0, 0.1) is 0 Å². The Hall–Kier alpha value is -0.150. The molecule has 1 fully saturated rings. The molecule has 60 valence electrons. The molecule has 1 saturated heterocycles. The summed E-state index contributed by atoms with van der Waals surface area (Å²) < 4.78 is 12.8. The second-order valence-electron chi connectivity index (χ2n) is 2.76. The summed E-state index contributed by atoms with van der Waals surface area (Å²) >= 11 is 0. The maximum absolute atomic E-state index is 12.8. The van der Waals surface area contributed by atoms with E-state index in [-0.39, 0.29) is 6.04 Å². The highest BCUT2D eigenvalue weighted by atomic mass is 19.1. The van der Waals surface area contributed by atoms with Crippen molar-refractivity contribution >= 4 is 0 Å². The average Bonchev–Trinajstić information content (AvgIpc) is 2.31. The average molecular weight is 146 g/mol. The van der Waals surface area contributed by atoms with Crippen LogP contribution in [-0.4, -0.2) is 32.4 Å². The van der Waals surface area contributed by atoms with E-state index in [2.05, 4.69) is 10.6 Å². The van der Waals surface area contributed by atoms with Crippen molar-refractivity contribution in [3.63, 3.8) is 0 Å². The molecule has 2 atom stereocenters. The van der Waals surface area contributed by atoms with Gasteiger partial charge in [0.05, 0.1) is 0 Å². The molecule has 1 aliphatic rings. The zero-order valence-electron chi connectivity index (χ0n) is 6.36. The van der Waals surface area contributed by atoms with Crippen molar-refractivity contribution in [3.05, 3.63) is 0 Å². The summed E-state index contributed by atoms with van der Waals surface area (Å²) in [5.74, 6) is 0. The van der Waals surface area contributed by atoms with Crippen LogP contribution in [0.4, 0.5) is 4.39 Å². The lowest BCUT2D eigenvalue weighted by Crippen LogP contribution is -2.31. The van der Waals surface area contributed by atoms with Crippen LogP contribution in [0.3, 0.4) is 0 Å². The Morgan fingerprint density at radius 3 is 3.00 bits per heavy atom. The Labute approximate surface area is 61.2 Å². The first-order valence-corrected chi connectivity index (χ1v) is 3.86. The molecule has 0 aromatic heterocycles. The summed E-state index contributed by atoms with van der Waals surface area (Å²) in [6.45, 7) is 1.74. The first kappa shape index (κ1) is 7.95. The van der Waals surface area contributed by atoms with Gasteiger partial charge in [0.25, 0.3) is 0 Å². The minimum absolute atomic E-state index is 0.104. The lowest BCUT2D eigenvalue weighted by molar-refractivity contribution is 0.291. The topological polar surface area (TPSA) is 24.1 Å². The van der Waals surface area contributed by atoms with E-state index in [1.807, 2.05) is 7.05 Å². The van der Waals surface area contributed by atoms with Crippen molar-refractivity contribution < 1.29 is 4.39 Å². The molecule has 2 N–H and O–H groups in total. The first-order valence-electron chi connectivity index (χ1n) is 3.86. The lowest BCUT2D eigenvalue weighted by Gasteiger charge is -2.11. The number of rotatable bonds is 3. The molecule has 0 saturated carbocycles. The summed E-state index contributed by atoms with van der Waals surface area (Å²) in [5, 5.41) is 6.13. The zero-order valence-corrected chi connectivity index (χ0v) is 6.36. The van der Waals surface area contributed by atoms with Gasteiger partial charge in [-0.2, -0.15) is 0 Å². The highest BCUT2D eigenvalue weighted by Crippen LogP contribution is 2.12. The number of alkyl halides is 1. The predicted octanol–water partition coefficient (Wildman–Crippen LogP) is 0.296. The van der Waals surface area contributed by atoms with Crippen molar-refractivity contribution in [3.8, 4) is 0 Å². The SMILES string of the molecule is CNCCC1NCCC1F. The fraction of sp³-hybridized carbons (Fsp3) is 1.00. The molecule has 0 radical (unpaired) electrons. The maximum atomic E-state index is 12.8. The first-order chi connectivity index (χ1) is 4.84. The van der Waals surface area contributed by atoms with Gasteiger partial charge in [0.2, 0.25) is 0 Å². The van der Waals surface area contributed by atoms with Crippen molar-refractivity contribution in [1.82, 2.24) is 10.6 Å². The zero-order chi connectivity index (χ0) is 7.40. The molecule has 1 aliphatic heterocycles. The summed E-state index contributed by atoms with van der Waals surface area (Å²) in [7, 11) is 1.89. The Kier molecular flexibility index (Phi) is 3.09. The molecule has 0 spiro atoms. The summed E-state index contributed by atoms with van der Waals surface area (Å²) in [4.78, 5) is 0. The third-order valence-corrected chi connectivity index (χ3v) is 1.97. The Morgan fingerprint density at radius 2 is 2.50 bits per heavy atom. The molecular formula is C7H15FN2. The van der Waals surface area contributed by atoms with Gasteiger partial charge >= 0.3 is 0 Å². The summed E-state index contributed by atoms with van der Waals surface area (Å²) in [5.41, 5.74) is 0. The van der Waals surface area contributed by atoms with Crippen molar-refractivity contribution in [1.29, 1.82) is 0 Å². The van der Waals surface area contributed by atoms with Crippen molar-refractivity contribution in [2.45, 2.75) is 25.1 Å². The Balaban J connectivity index is 2.14. The van der Waals surface area contributed by atoms with Gasteiger partial charge in [-0.15, -0.1) is 0 Å². The van der Waals surface area contributed by atoms with Gasteiger partial charge in [-0.25, -0.2) is 4.39 Å². The summed E-state index contributed by atoms with van der Waals surface area (Å²) in [6.07, 6.45) is 0.972. The molecule has 10 heavy (non-hydrogen) atoms. The molecular weight excluding hydrogens is 131 g/mol. The minimum Gasteiger partial charge on any atom is -0.320 e. The number of nitrogens with one attached hydrogen (secondary N) is 2. The van der Waals surface area contributed by atoms with E-state index in [4.69, 9.17) is 0 Å². The number of hydrogen-bond donors (Lipinski definition) is 2. The molecule has 2 nitrogen and oxygen atoms in total. The second-order valence-corrected chi connectivity index (χ2v) is 2.76. The fourth-order valence-electron chi connectivity index (χ4n) is 1.32. The van der Waals surface area contributed by atoms with Gasteiger partial charge in [0.15, 0.2) is 0 Å². The molecule has 1 rings (SSSR count). The van der Waals surface area contributed by atoms with Crippen LogP contribution >= 0.6 is 0 Å². The molecule has 1 heterocycles. The third-order valence-electron chi connectivity index (χ3n) is 1.97. The molecule has 0 amide bonds. The Morgan fingerprint density at radius 1 is 1.70 bits per heavy atom. The normalized spacial score (nSPS) is 33.0. The van der Waals surface area contributed by atoms with E-state index < -0.39 is 6.17 Å². The standard InChI is InChI=1S/C7H15FN2/c1-9-4-3-7-6(8)2-5-10-7/h6-7,9-10H,2-5H2,1H3. The molecule has 3 heteroatoms. The molecule has 0 aliphatic carbocycles. The van der Waals surface area contributed by atoms with E-state index in [1.165, 1.54) is 0 Å². The monoisotopic (exact) mass is 146 g/mol. The van der Waals surface area contributed by atoms with Crippen LogP contribution in [0.15, 0.2) is 0 Å². The molecule has 0 aromatic carbocycles. The molecule has 2 unspecified atom stereocenters. The van der Waals surface area contributed by atoms with Crippen LogP contribution in [0.25, 0.3) is 0 Å². The third kappa shape index (κ3) is 1.92. The van der Waals surface area contributed by atoms with E-state index in [9.17, 15) is 4.39 Å². The van der Waals surface area contributed by atoms with Gasteiger partial charge < -0.3 is 10.6 Å². The van der Waals surface area contributed by atoms with Crippen LogP contribution in [0.1, 0.15) is 12.8 Å². The maximum Gasteiger partial charge on any atom is 0.117 e. The van der Waals surface area contributed by atoms with Gasteiger partial charge in [0, 0.05) is 6.04 Å². The number of halogens is 1. The van der Waals surface area contributed by atoms with E-state index in [1.54, 1.807) is 0 Å². The number of hydrogen-bond acceptors (Lipinski definition) is 2. The quantitative estimate of drug-likeness (QED) is 0.598. The van der Waals surface area contributed by atoms with Gasteiger partial charge in [-0.1, -0.05) is 0 Å². The van der Waals surface area contributed by atoms with Crippen LogP contribution in [-0.2, 0) is 0 Å². The van der Waals surface area contributed by atoms with E-state index in [0.717, 1.165) is 19.5 Å². The van der Waals surface area contributed by atoms with E-state index >= 15 is 0 Å². The highest BCUT2D eigenvalue weighted by Gasteiger charge is 2.25.